The Morgan fingerprint density at radius 3 is 2.55 bits per heavy atom. The molecule has 0 saturated carbocycles. The maximum absolute atomic E-state index is 12.6. The molecule has 0 aromatic heterocycles. The lowest BCUT2D eigenvalue weighted by Gasteiger charge is -2.20. The number of rotatable bonds is 7. The monoisotopic (exact) mass is 474 g/mol. The van der Waals surface area contributed by atoms with E-state index in [9.17, 15) is 22.8 Å². The van der Waals surface area contributed by atoms with Gasteiger partial charge in [0, 0.05) is 19.0 Å². The van der Waals surface area contributed by atoms with Crippen molar-refractivity contribution in [3.63, 3.8) is 0 Å². The van der Waals surface area contributed by atoms with Gasteiger partial charge in [-0.15, -0.1) is 0 Å². The minimum atomic E-state index is -3.97. The first kappa shape index (κ1) is 22.6. The van der Waals surface area contributed by atoms with Gasteiger partial charge in [-0.25, -0.2) is 12.7 Å². The Morgan fingerprint density at radius 2 is 1.85 bits per heavy atom. The number of esters is 1. The van der Waals surface area contributed by atoms with Crippen LogP contribution in [0.3, 0.4) is 0 Å². The first-order valence-corrected chi connectivity index (χ1v) is 11.6. The fraction of sp³-hybridized carbons (Fsp3) is 0.318. The molecule has 4 rings (SSSR count). The second kappa shape index (κ2) is 8.74. The highest BCUT2D eigenvalue weighted by atomic mass is 32.2. The summed E-state index contributed by atoms with van der Waals surface area (Å²) in [4.78, 5) is 38.9. The quantitative estimate of drug-likeness (QED) is 0.553. The topological polar surface area (TPSA) is 120 Å². The largest absolute Gasteiger partial charge is 0.497 e. The summed E-state index contributed by atoms with van der Waals surface area (Å²) in [5.74, 6) is -1.31. The Bertz CT molecular complexity index is 1230. The van der Waals surface area contributed by atoms with Crippen LogP contribution in [0, 0.1) is 5.92 Å². The highest BCUT2D eigenvalue weighted by molar-refractivity contribution is 7.90. The van der Waals surface area contributed by atoms with Crippen LogP contribution in [0.25, 0.3) is 0 Å². The Balaban J connectivity index is 1.38. The molecule has 2 amide bonds. The van der Waals surface area contributed by atoms with Gasteiger partial charge in [0.05, 0.1) is 37.9 Å². The minimum absolute atomic E-state index is 0.0552. The molecule has 0 spiro atoms. The molecular weight excluding hydrogens is 452 g/mol. The number of carbonyl (C=O) groups excluding carboxylic acids is 3. The molecule has 0 unspecified atom stereocenters. The van der Waals surface area contributed by atoms with Crippen LogP contribution in [0.4, 0.5) is 5.69 Å². The Hall–Kier alpha value is -3.60. The van der Waals surface area contributed by atoms with E-state index in [4.69, 9.17) is 14.2 Å². The molecule has 1 saturated heterocycles. The summed E-state index contributed by atoms with van der Waals surface area (Å²) in [7, 11) is -0.990. The van der Waals surface area contributed by atoms with E-state index in [0.29, 0.717) is 21.5 Å². The number of ether oxygens (including phenoxy) is 3. The van der Waals surface area contributed by atoms with Crippen molar-refractivity contribution in [1.29, 1.82) is 0 Å². The van der Waals surface area contributed by atoms with Crippen LogP contribution in [0.1, 0.15) is 16.8 Å². The van der Waals surface area contributed by atoms with E-state index in [2.05, 4.69) is 0 Å². The molecule has 10 nitrogen and oxygen atoms in total. The molecule has 0 radical (unpaired) electrons. The van der Waals surface area contributed by atoms with Gasteiger partial charge in [0.2, 0.25) is 5.91 Å². The van der Waals surface area contributed by atoms with Crippen molar-refractivity contribution >= 4 is 33.5 Å². The van der Waals surface area contributed by atoms with Gasteiger partial charge in [-0.1, -0.05) is 12.1 Å². The van der Waals surface area contributed by atoms with Crippen molar-refractivity contribution in [2.45, 2.75) is 11.3 Å². The number of benzene rings is 2. The van der Waals surface area contributed by atoms with Gasteiger partial charge in [0.15, 0.2) is 0 Å². The van der Waals surface area contributed by atoms with E-state index in [1.54, 1.807) is 24.3 Å². The zero-order chi connectivity index (χ0) is 23.8. The van der Waals surface area contributed by atoms with Crippen LogP contribution in [-0.4, -0.2) is 64.4 Å². The molecule has 2 aliphatic heterocycles. The number of methoxy groups -OCH3 is 2. The standard InChI is InChI=1S/C22H22N2O8S/c1-30-15-7-8-17(18(12-15)31-2)23-13-14(11-20(23)25)22(27)32-10-9-24-21(26)16-5-3-4-6-19(16)33(24,28)29/h3-8,12,14H,9-11,13H2,1-2H3/t14-/m1/s1. The number of carbonyl (C=O) groups is 3. The van der Waals surface area contributed by atoms with Gasteiger partial charge in [-0.05, 0) is 24.3 Å². The van der Waals surface area contributed by atoms with Gasteiger partial charge in [-0.3, -0.25) is 14.4 Å². The van der Waals surface area contributed by atoms with Crippen LogP contribution in [0.5, 0.6) is 11.5 Å². The Kier molecular flexibility index (Phi) is 5.98. The molecule has 2 heterocycles. The number of anilines is 1. The second-order valence-electron chi connectivity index (χ2n) is 7.49. The van der Waals surface area contributed by atoms with Crippen molar-refractivity contribution in [2.75, 3.05) is 38.8 Å². The van der Waals surface area contributed by atoms with E-state index in [1.807, 2.05) is 0 Å². The van der Waals surface area contributed by atoms with Gasteiger partial charge in [-0.2, -0.15) is 0 Å². The van der Waals surface area contributed by atoms with Crippen molar-refractivity contribution in [3.05, 3.63) is 48.0 Å². The summed E-state index contributed by atoms with van der Waals surface area (Å²) < 4.78 is 41.6. The molecule has 0 bridgehead atoms. The third-order valence-corrected chi connectivity index (χ3v) is 7.43. The van der Waals surface area contributed by atoms with Gasteiger partial charge in [0.25, 0.3) is 15.9 Å². The molecule has 11 heteroatoms. The summed E-state index contributed by atoms with van der Waals surface area (Å²) >= 11 is 0. The van der Waals surface area contributed by atoms with E-state index in [0.717, 1.165) is 0 Å². The highest BCUT2D eigenvalue weighted by Crippen LogP contribution is 2.36. The lowest BCUT2D eigenvalue weighted by atomic mass is 10.1. The SMILES string of the molecule is COc1ccc(N2C[C@H](C(=O)OCCN3C(=O)c4ccccc4S3(=O)=O)CC2=O)c(OC)c1. The Morgan fingerprint density at radius 1 is 1.09 bits per heavy atom. The maximum Gasteiger partial charge on any atom is 0.311 e. The number of sulfonamides is 1. The summed E-state index contributed by atoms with van der Waals surface area (Å²) in [6, 6.07) is 10.9. The van der Waals surface area contributed by atoms with Gasteiger partial charge >= 0.3 is 5.97 Å². The zero-order valence-electron chi connectivity index (χ0n) is 18.0. The van der Waals surface area contributed by atoms with Crippen LogP contribution in [0.15, 0.2) is 47.4 Å². The first-order chi connectivity index (χ1) is 15.8. The molecule has 174 valence electrons. The van der Waals surface area contributed by atoms with Gasteiger partial charge < -0.3 is 19.1 Å². The lowest BCUT2D eigenvalue weighted by Crippen LogP contribution is -2.34. The first-order valence-electron chi connectivity index (χ1n) is 10.1. The normalized spacial score (nSPS) is 18.9. The number of fused-ring (bicyclic) bond motifs is 1. The molecule has 0 N–H and O–H groups in total. The van der Waals surface area contributed by atoms with E-state index in [1.165, 1.54) is 37.3 Å². The molecule has 33 heavy (non-hydrogen) atoms. The van der Waals surface area contributed by atoms with Crippen molar-refractivity contribution in [1.82, 2.24) is 4.31 Å². The van der Waals surface area contributed by atoms with Crippen LogP contribution in [-0.2, 0) is 24.3 Å². The number of hydrogen-bond acceptors (Lipinski definition) is 8. The van der Waals surface area contributed by atoms with E-state index in [-0.39, 0.29) is 42.5 Å². The van der Waals surface area contributed by atoms with Crippen LogP contribution < -0.4 is 14.4 Å². The van der Waals surface area contributed by atoms with Crippen molar-refractivity contribution in [3.8, 4) is 11.5 Å². The molecule has 1 atom stereocenters. The fourth-order valence-corrected chi connectivity index (χ4v) is 5.46. The predicted octanol–water partition coefficient (Wildman–Crippen LogP) is 1.44. The highest BCUT2D eigenvalue weighted by Gasteiger charge is 2.41. The third-order valence-electron chi connectivity index (χ3n) is 5.59. The smallest absolute Gasteiger partial charge is 0.311 e. The van der Waals surface area contributed by atoms with E-state index < -0.39 is 27.8 Å². The maximum atomic E-state index is 12.6. The average Bonchev–Trinajstić information content (AvgIpc) is 3.29. The summed E-state index contributed by atoms with van der Waals surface area (Å²) in [6.07, 6.45) is -0.0552. The van der Waals surface area contributed by atoms with E-state index >= 15 is 0 Å². The van der Waals surface area contributed by atoms with Crippen LogP contribution in [0.2, 0.25) is 0 Å². The molecular formula is C22H22N2O8S. The zero-order valence-corrected chi connectivity index (χ0v) is 18.8. The summed E-state index contributed by atoms with van der Waals surface area (Å²) in [5, 5.41) is 0. The van der Waals surface area contributed by atoms with Crippen molar-refractivity contribution in [2.24, 2.45) is 5.92 Å². The van der Waals surface area contributed by atoms with Gasteiger partial charge in [0.1, 0.15) is 23.0 Å². The number of hydrogen-bond donors (Lipinski definition) is 0. The molecule has 2 aliphatic rings. The molecule has 2 aromatic carbocycles. The third kappa shape index (κ3) is 3.99. The Labute approximate surface area is 190 Å². The summed E-state index contributed by atoms with van der Waals surface area (Å²) in [6.45, 7) is -0.528. The minimum Gasteiger partial charge on any atom is -0.497 e. The predicted molar refractivity (Wildman–Crippen MR) is 116 cm³/mol. The van der Waals surface area contributed by atoms with Crippen LogP contribution >= 0.6 is 0 Å². The van der Waals surface area contributed by atoms with Crippen molar-refractivity contribution < 1.29 is 37.0 Å². The lowest BCUT2D eigenvalue weighted by molar-refractivity contribution is -0.148. The number of nitrogens with zero attached hydrogens (tertiary/aromatic N) is 2. The number of amides is 2. The summed E-state index contributed by atoms with van der Waals surface area (Å²) in [5.41, 5.74) is 0.597. The average molecular weight is 474 g/mol. The molecule has 0 aliphatic carbocycles. The fourth-order valence-electron chi connectivity index (χ4n) is 3.91. The second-order valence-corrected chi connectivity index (χ2v) is 9.32. The molecule has 1 fully saturated rings. The molecule has 2 aromatic rings.